The van der Waals surface area contributed by atoms with Crippen molar-refractivity contribution < 1.29 is 0 Å². The van der Waals surface area contributed by atoms with Crippen LogP contribution >= 0.6 is 52.8 Å². The van der Waals surface area contributed by atoms with Crippen molar-refractivity contribution in [1.29, 1.82) is 0 Å². The van der Waals surface area contributed by atoms with Crippen LogP contribution in [-0.2, 0) is 0 Å². The van der Waals surface area contributed by atoms with Crippen LogP contribution in [-0.4, -0.2) is 0 Å². The summed E-state index contributed by atoms with van der Waals surface area (Å²) in [6.45, 7) is 0. The van der Waals surface area contributed by atoms with Gasteiger partial charge in [-0.2, -0.15) is 0 Å². The molecule has 10 heavy (non-hydrogen) atoms. The van der Waals surface area contributed by atoms with E-state index in [1.807, 2.05) is 6.07 Å². The summed E-state index contributed by atoms with van der Waals surface area (Å²) in [4.78, 5) is 1.48. The lowest BCUT2D eigenvalue weighted by atomic mass is 10.4. The zero-order chi connectivity index (χ0) is 7.72. The van der Waals surface area contributed by atoms with Crippen LogP contribution in [0.15, 0.2) is 26.4 Å². The van der Waals surface area contributed by atoms with Crippen LogP contribution < -0.4 is 0 Å². The zero-order valence-corrected chi connectivity index (χ0v) is 8.94. The summed E-state index contributed by atoms with van der Waals surface area (Å²) in [5.74, 6) is 0. The van der Waals surface area contributed by atoms with E-state index in [-0.39, 0.29) is 0 Å². The van der Waals surface area contributed by atoms with E-state index in [9.17, 15) is 0 Å². The molecule has 1 aromatic rings. The average molecular weight is 256 g/mol. The highest BCUT2D eigenvalue weighted by Gasteiger charge is 2.02. The van der Waals surface area contributed by atoms with Gasteiger partial charge in [-0.3, -0.25) is 0 Å². The van der Waals surface area contributed by atoms with Crippen molar-refractivity contribution in [3.8, 4) is 0 Å². The molecule has 54 valence electrons. The first-order valence-corrected chi connectivity index (χ1v) is 4.55. The van der Waals surface area contributed by atoms with E-state index < -0.39 is 0 Å². The highest BCUT2D eigenvalue weighted by atomic mass is 79.9. The molecule has 1 aromatic carbocycles. The van der Waals surface area contributed by atoms with Crippen molar-refractivity contribution in [1.82, 2.24) is 0 Å². The fourth-order valence-corrected chi connectivity index (χ4v) is 1.63. The van der Waals surface area contributed by atoms with E-state index in [2.05, 4.69) is 41.2 Å². The third-order valence-electron chi connectivity index (χ3n) is 1.05. The molecule has 0 N–H and O–H groups in total. The Kier molecular flexibility index (Phi) is 2.98. The molecule has 0 heterocycles. The second-order valence-corrected chi connectivity index (χ2v) is 3.88. The van der Waals surface area contributed by atoms with E-state index in [1.54, 1.807) is 6.07 Å². The lowest BCUT2D eigenvalue weighted by Gasteiger charge is -2.01. The second kappa shape index (κ2) is 3.39. The Morgan fingerprint density at radius 1 is 1.20 bits per heavy atom. The van der Waals surface area contributed by atoms with Gasteiger partial charge in [-0.1, -0.05) is 11.6 Å². The predicted molar refractivity (Wildman–Crippen MR) is 53.7 cm³/mol. The van der Waals surface area contributed by atoms with Crippen LogP contribution in [0.1, 0.15) is 0 Å². The number of hydrogen-bond donors (Lipinski definition) is 2. The summed E-state index contributed by atoms with van der Waals surface area (Å²) >= 11 is 17.4. The summed E-state index contributed by atoms with van der Waals surface area (Å²) in [5, 5.41) is 0.622. The monoisotopic (exact) mass is 254 g/mol. The maximum absolute atomic E-state index is 5.74. The van der Waals surface area contributed by atoms with Crippen molar-refractivity contribution in [2.45, 2.75) is 9.79 Å². The Morgan fingerprint density at radius 3 is 2.30 bits per heavy atom. The standard InChI is InChI=1S/C6H4BrClS2/c7-3-1-2-4(8)6(10)5(3)9/h1-2,9-10H. The van der Waals surface area contributed by atoms with Gasteiger partial charge in [0.25, 0.3) is 0 Å². The first-order valence-electron chi connectivity index (χ1n) is 2.49. The molecule has 0 radical (unpaired) electrons. The molecule has 0 saturated heterocycles. The summed E-state index contributed by atoms with van der Waals surface area (Å²) < 4.78 is 0.908. The predicted octanol–water partition coefficient (Wildman–Crippen LogP) is 3.68. The molecule has 1 rings (SSSR count). The molecule has 0 nitrogen and oxygen atoms in total. The topological polar surface area (TPSA) is 0 Å². The highest BCUT2D eigenvalue weighted by Crippen LogP contribution is 2.32. The maximum atomic E-state index is 5.74. The van der Waals surface area contributed by atoms with Crippen molar-refractivity contribution in [3.05, 3.63) is 21.6 Å². The van der Waals surface area contributed by atoms with Gasteiger partial charge >= 0.3 is 0 Å². The Labute approximate surface area is 83.9 Å². The number of benzene rings is 1. The molecule has 0 aliphatic rings. The molecule has 0 saturated carbocycles. The zero-order valence-electron chi connectivity index (χ0n) is 4.81. The minimum absolute atomic E-state index is 0.622. The Morgan fingerprint density at radius 2 is 1.80 bits per heavy atom. The van der Waals surface area contributed by atoms with Gasteiger partial charge in [0, 0.05) is 14.3 Å². The average Bonchev–Trinajstić information content (AvgIpc) is 1.93. The third-order valence-corrected chi connectivity index (χ3v) is 3.57. The van der Waals surface area contributed by atoms with Gasteiger partial charge in [-0.15, -0.1) is 25.3 Å². The van der Waals surface area contributed by atoms with E-state index in [4.69, 9.17) is 11.6 Å². The molecule has 0 bridgehead atoms. The molecule has 0 aliphatic carbocycles. The van der Waals surface area contributed by atoms with E-state index in [0.29, 0.717) is 9.92 Å². The Hall–Kier alpha value is 0.690. The lowest BCUT2D eigenvalue weighted by molar-refractivity contribution is 1.24. The SMILES string of the molecule is Sc1c(Cl)ccc(Br)c1S. The molecular formula is C6H4BrClS2. The van der Waals surface area contributed by atoms with Crippen molar-refractivity contribution in [2.75, 3.05) is 0 Å². The first-order chi connectivity index (χ1) is 4.63. The van der Waals surface area contributed by atoms with Gasteiger partial charge in [-0.25, -0.2) is 0 Å². The first kappa shape index (κ1) is 8.78. The van der Waals surface area contributed by atoms with Gasteiger partial charge in [0.15, 0.2) is 0 Å². The van der Waals surface area contributed by atoms with E-state index in [0.717, 1.165) is 9.37 Å². The van der Waals surface area contributed by atoms with Crippen LogP contribution in [0.3, 0.4) is 0 Å². The minimum atomic E-state index is 0.622. The molecular weight excluding hydrogens is 252 g/mol. The molecule has 0 amide bonds. The van der Waals surface area contributed by atoms with Crippen LogP contribution in [0.4, 0.5) is 0 Å². The van der Waals surface area contributed by atoms with E-state index >= 15 is 0 Å². The van der Waals surface area contributed by atoms with E-state index in [1.165, 1.54) is 0 Å². The Bertz CT molecular complexity index is 235. The summed E-state index contributed by atoms with van der Waals surface area (Å²) in [6.07, 6.45) is 0. The summed E-state index contributed by atoms with van der Waals surface area (Å²) in [6, 6.07) is 3.61. The van der Waals surface area contributed by atoms with Crippen molar-refractivity contribution in [2.24, 2.45) is 0 Å². The number of halogens is 2. The lowest BCUT2D eigenvalue weighted by Crippen LogP contribution is -1.74. The van der Waals surface area contributed by atoms with Crippen LogP contribution in [0.5, 0.6) is 0 Å². The molecule has 0 atom stereocenters. The fraction of sp³-hybridized carbons (Fsp3) is 0. The number of hydrogen-bond acceptors (Lipinski definition) is 2. The minimum Gasteiger partial charge on any atom is -0.141 e. The molecule has 0 aliphatic heterocycles. The molecule has 0 aromatic heterocycles. The second-order valence-electron chi connectivity index (χ2n) is 1.73. The summed E-state index contributed by atoms with van der Waals surface area (Å²) in [5.41, 5.74) is 0. The largest absolute Gasteiger partial charge is 0.141 e. The molecule has 0 unspecified atom stereocenters. The van der Waals surface area contributed by atoms with Crippen LogP contribution in [0, 0.1) is 0 Å². The third kappa shape index (κ3) is 1.64. The Balaban J connectivity index is 3.34. The normalized spacial score (nSPS) is 10.0. The number of thiol groups is 2. The molecule has 0 spiro atoms. The van der Waals surface area contributed by atoms with Gasteiger partial charge in [0.1, 0.15) is 0 Å². The maximum Gasteiger partial charge on any atom is 0.0551 e. The van der Waals surface area contributed by atoms with Crippen LogP contribution in [0.25, 0.3) is 0 Å². The molecule has 4 heteroatoms. The van der Waals surface area contributed by atoms with Crippen molar-refractivity contribution >= 4 is 52.8 Å². The molecule has 0 fully saturated rings. The quantitative estimate of drug-likeness (QED) is 0.649. The smallest absolute Gasteiger partial charge is 0.0551 e. The van der Waals surface area contributed by atoms with Gasteiger partial charge in [-0.05, 0) is 28.1 Å². The van der Waals surface area contributed by atoms with Gasteiger partial charge in [0.2, 0.25) is 0 Å². The fourth-order valence-electron chi connectivity index (χ4n) is 0.530. The van der Waals surface area contributed by atoms with Crippen molar-refractivity contribution in [3.63, 3.8) is 0 Å². The van der Waals surface area contributed by atoms with Gasteiger partial charge in [0.05, 0.1) is 5.02 Å². The number of rotatable bonds is 0. The van der Waals surface area contributed by atoms with Gasteiger partial charge < -0.3 is 0 Å². The van der Waals surface area contributed by atoms with Crippen LogP contribution in [0.2, 0.25) is 5.02 Å². The highest BCUT2D eigenvalue weighted by molar-refractivity contribution is 9.10. The summed E-state index contributed by atoms with van der Waals surface area (Å²) in [7, 11) is 0.